The zero-order chi connectivity index (χ0) is 19.2. The number of rotatable bonds is 3. The molecule has 138 valence electrons. The van der Waals surface area contributed by atoms with Crippen LogP contribution in [-0.2, 0) is 10.0 Å². The third-order valence-electron chi connectivity index (χ3n) is 4.19. The Balaban J connectivity index is 1.71. The fourth-order valence-corrected chi connectivity index (χ4v) is 5.17. The minimum absolute atomic E-state index is 0.224. The Morgan fingerprint density at radius 1 is 1.04 bits per heavy atom. The molecule has 0 radical (unpaired) electrons. The van der Waals surface area contributed by atoms with Crippen molar-refractivity contribution in [3.05, 3.63) is 65.0 Å². The predicted octanol–water partition coefficient (Wildman–Crippen LogP) is 4.24. The summed E-state index contributed by atoms with van der Waals surface area (Å²) in [6, 6.07) is 15.2. The van der Waals surface area contributed by atoms with Gasteiger partial charge in [-0.15, -0.1) is 11.3 Å². The van der Waals surface area contributed by atoms with E-state index in [1.807, 2.05) is 19.1 Å². The minimum Gasteiger partial charge on any atom is -0.454 e. The van der Waals surface area contributed by atoms with Crippen molar-refractivity contribution in [1.82, 2.24) is 0 Å². The summed E-state index contributed by atoms with van der Waals surface area (Å²) in [5, 5.41) is 0. The van der Waals surface area contributed by atoms with Gasteiger partial charge in [0.2, 0.25) is 0 Å². The molecule has 0 spiro atoms. The standard InChI is InChI=1S/C19H16N2O4S2/c1-12-7-10-18(26-12)27(23,24)20-13-8-9-16-14(11-13)19(22)21(2)15-5-3-4-6-17(15)25-16/h3-11,20H,1-2H3. The van der Waals surface area contributed by atoms with Gasteiger partial charge in [-0.05, 0) is 49.4 Å². The number of aryl methyl sites for hydroxylation is 1. The molecular formula is C19H16N2O4S2. The van der Waals surface area contributed by atoms with Crippen molar-refractivity contribution in [3.63, 3.8) is 0 Å². The molecule has 8 heteroatoms. The number of ether oxygens (including phenoxy) is 1. The third kappa shape index (κ3) is 3.17. The molecule has 0 saturated heterocycles. The maximum atomic E-state index is 12.9. The van der Waals surface area contributed by atoms with Gasteiger partial charge in [0.05, 0.1) is 11.3 Å². The second-order valence-electron chi connectivity index (χ2n) is 6.12. The van der Waals surface area contributed by atoms with E-state index in [9.17, 15) is 13.2 Å². The number of hydrogen-bond donors (Lipinski definition) is 1. The van der Waals surface area contributed by atoms with Gasteiger partial charge in [-0.3, -0.25) is 9.52 Å². The summed E-state index contributed by atoms with van der Waals surface area (Å²) >= 11 is 1.19. The van der Waals surface area contributed by atoms with Crippen LogP contribution < -0.4 is 14.4 Å². The number of anilines is 2. The smallest absolute Gasteiger partial charge is 0.271 e. The Hall–Kier alpha value is -2.84. The SMILES string of the molecule is Cc1ccc(S(=O)(=O)Nc2ccc3c(c2)C(=O)N(C)c2ccccc2O3)s1. The van der Waals surface area contributed by atoms with Crippen LogP contribution in [0.3, 0.4) is 0 Å². The Morgan fingerprint density at radius 3 is 2.56 bits per heavy atom. The van der Waals surface area contributed by atoms with Crippen molar-refractivity contribution < 1.29 is 17.9 Å². The van der Waals surface area contributed by atoms with Gasteiger partial charge in [0.25, 0.3) is 15.9 Å². The Bertz CT molecular complexity index is 1150. The van der Waals surface area contributed by atoms with E-state index in [1.54, 1.807) is 43.4 Å². The molecule has 0 bridgehead atoms. The molecule has 0 fully saturated rings. The number of nitrogens with zero attached hydrogens (tertiary/aromatic N) is 1. The number of fused-ring (bicyclic) bond motifs is 2. The van der Waals surface area contributed by atoms with Crippen LogP contribution in [0, 0.1) is 6.92 Å². The number of carbonyl (C=O) groups excluding carboxylic acids is 1. The normalized spacial score (nSPS) is 13.4. The summed E-state index contributed by atoms with van der Waals surface area (Å²) in [6.45, 7) is 1.84. The average molecular weight is 400 g/mol. The van der Waals surface area contributed by atoms with Gasteiger partial charge in [0.1, 0.15) is 9.96 Å². The average Bonchev–Trinajstić information content (AvgIpc) is 3.05. The molecule has 4 rings (SSSR count). The monoisotopic (exact) mass is 400 g/mol. The van der Waals surface area contributed by atoms with E-state index in [-0.39, 0.29) is 15.7 Å². The molecule has 1 aliphatic rings. The predicted molar refractivity (Wildman–Crippen MR) is 106 cm³/mol. The highest BCUT2D eigenvalue weighted by Gasteiger charge is 2.26. The highest BCUT2D eigenvalue weighted by Crippen LogP contribution is 2.39. The van der Waals surface area contributed by atoms with Crippen molar-refractivity contribution in [2.45, 2.75) is 11.1 Å². The molecule has 1 aromatic heterocycles. The molecule has 6 nitrogen and oxygen atoms in total. The highest BCUT2D eigenvalue weighted by molar-refractivity contribution is 7.94. The minimum atomic E-state index is -3.71. The van der Waals surface area contributed by atoms with Crippen LogP contribution in [0.25, 0.3) is 0 Å². The largest absolute Gasteiger partial charge is 0.454 e. The number of thiophene rings is 1. The van der Waals surface area contributed by atoms with Gasteiger partial charge in [0, 0.05) is 17.6 Å². The highest BCUT2D eigenvalue weighted by atomic mass is 32.2. The van der Waals surface area contributed by atoms with Gasteiger partial charge in [-0.1, -0.05) is 12.1 Å². The summed E-state index contributed by atoms with van der Waals surface area (Å²) in [6.07, 6.45) is 0. The lowest BCUT2D eigenvalue weighted by Gasteiger charge is -2.16. The summed E-state index contributed by atoms with van der Waals surface area (Å²) in [5.74, 6) is 0.671. The van der Waals surface area contributed by atoms with Crippen LogP contribution in [0.1, 0.15) is 15.2 Å². The molecule has 1 amide bonds. The van der Waals surface area contributed by atoms with Crippen molar-refractivity contribution >= 4 is 38.6 Å². The van der Waals surface area contributed by atoms with E-state index in [4.69, 9.17) is 4.74 Å². The summed E-state index contributed by atoms with van der Waals surface area (Å²) in [5.41, 5.74) is 1.24. The van der Waals surface area contributed by atoms with Crippen molar-refractivity contribution in [3.8, 4) is 11.5 Å². The van der Waals surface area contributed by atoms with Crippen LogP contribution in [-0.4, -0.2) is 21.4 Å². The van der Waals surface area contributed by atoms with Gasteiger partial charge in [-0.25, -0.2) is 8.42 Å². The van der Waals surface area contributed by atoms with Crippen LogP contribution >= 0.6 is 11.3 Å². The van der Waals surface area contributed by atoms with Gasteiger partial charge in [0.15, 0.2) is 5.75 Å². The van der Waals surface area contributed by atoms with Crippen LogP contribution in [0.4, 0.5) is 11.4 Å². The Kier molecular flexibility index (Phi) is 4.16. The number of para-hydroxylation sites is 2. The molecule has 3 aromatic rings. The first-order valence-electron chi connectivity index (χ1n) is 8.13. The van der Waals surface area contributed by atoms with Crippen LogP contribution in [0.2, 0.25) is 0 Å². The van der Waals surface area contributed by atoms with E-state index in [2.05, 4.69) is 4.72 Å². The second kappa shape index (κ2) is 6.40. The molecule has 0 saturated carbocycles. The molecule has 0 aliphatic carbocycles. The van der Waals surface area contributed by atoms with E-state index in [0.29, 0.717) is 22.9 Å². The summed E-state index contributed by atoms with van der Waals surface area (Å²) in [4.78, 5) is 15.3. The molecule has 2 heterocycles. The lowest BCUT2D eigenvalue weighted by molar-refractivity contribution is 0.0993. The second-order valence-corrected chi connectivity index (χ2v) is 9.31. The first-order valence-corrected chi connectivity index (χ1v) is 10.4. The van der Waals surface area contributed by atoms with Gasteiger partial charge in [-0.2, -0.15) is 0 Å². The topological polar surface area (TPSA) is 75.7 Å². The number of hydrogen-bond acceptors (Lipinski definition) is 5. The molecule has 27 heavy (non-hydrogen) atoms. The zero-order valence-corrected chi connectivity index (χ0v) is 16.2. The maximum Gasteiger partial charge on any atom is 0.271 e. The van der Waals surface area contributed by atoms with Crippen LogP contribution in [0.15, 0.2) is 58.8 Å². The molecule has 0 unspecified atom stereocenters. The number of amides is 1. The fourth-order valence-electron chi connectivity index (χ4n) is 2.84. The van der Waals surface area contributed by atoms with E-state index < -0.39 is 10.0 Å². The third-order valence-corrected chi connectivity index (χ3v) is 7.07. The summed E-state index contributed by atoms with van der Waals surface area (Å²) in [7, 11) is -2.05. The van der Waals surface area contributed by atoms with Crippen molar-refractivity contribution in [2.75, 3.05) is 16.7 Å². The number of benzene rings is 2. The quantitative estimate of drug-likeness (QED) is 0.713. The van der Waals surface area contributed by atoms with Gasteiger partial charge >= 0.3 is 0 Å². The first-order chi connectivity index (χ1) is 12.8. The Morgan fingerprint density at radius 2 is 1.81 bits per heavy atom. The molecular weight excluding hydrogens is 384 g/mol. The Labute approximate surface area is 161 Å². The number of carbonyl (C=O) groups is 1. The lowest BCUT2D eigenvalue weighted by atomic mass is 10.1. The molecule has 1 aliphatic heterocycles. The molecule has 0 atom stereocenters. The van der Waals surface area contributed by atoms with E-state index in [1.165, 1.54) is 22.3 Å². The lowest BCUT2D eigenvalue weighted by Crippen LogP contribution is -2.25. The molecule has 2 aromatic carbocycles. The first kappa shape index (κ1) is 17.6. The molecule has 1 N–H and O–H groups in total. The zero-order valence-electron chi connectivity index (χ0n) is 14.6. The van der Waals surface area contributed by atoms with E-state index >= 15 is 0 Å². The van der Waals surface area contributed by atoms with Crippen LogP contribution in [0.5, 0.6) is 11.5 Å². The van der Waals surface area contributed by atoms with Gasteiger partial charge < -0.3 is 9.64 Å². The summed E-state index contributed by atoms with van der Waals surface area (Å²) < 4.78 is 33.7. The van der Waals surface area contributed by atoms with Crippen molar-refractivity contribution in [1.29, 1.82) is 0 Å². The van der Waals surface area contributed by atoms with E-state index in [0.717, 1.165) is 4.88 Å². The maximum absolute atomic E-state index is 12.9. The fraction of sp³-hybridized carbons (Fsp3) is 0.105. The van der Waals surface area contributed by atoms with Crippen molar-refractivity contribution in [2.24, 2.45) is 0 Å². The number of sulfonamides is 1. The number of nitrogens with one attached hydrogen (secondary N) is 1.